The number of methoxy groups -OCH3 is 1. The Kier molecular flexibility index (Phi) is 3.74. The molecule has 0 bridgehead atoms. The Hall–Kier alpha value is -1.30. The molecule has 0 aliphatic carbocycles. The molecule has 0 aliphatic rings. The third-order valence-electron chi connectivity index (χ3n) is 2.11. The second-order valence-electron chi connectivity index (χ2n) is 3.19. The van der Waals surface area contributed by atoms with Crippen molar-refractivity contribution in [3.8, 4) is 5.75 Å². The van der Waals surface area contributed by atoms with Crippen LogP contribution < -0.4 is 10.5 Å². The summed E-state index contributed by atoms with van der Waals surface area (Å²) in [6.45, 7) is -0.269. The van der Waals surface area contributed by atoms with Crippen molar-refractivity contribution in [2.24, 2.45) is 5.73 Å². The number of ether oxygens (including phenoxy) is 1. The van der Waals surface area contributed by atoms with Gasteiger partial charge in [0.15, 0.2) is 11.6 Å². The molecule has 0 aromatic heterocycles. The Morgan fingerprint density at radius 1 is 1.31 bits per heavy atom. The summed E-state index contributed by atoms with van der Waals surface area (Å²) in [6, 6.07) is 1.44. The molecule has 0 fully saturated rings. The number of nitrogens with two attached hydrogens (primary N) is 1. The van der Waals surface area contributed by atoms with Gasteiger partial charge in [-0.1, -0.05) is 0 Å². The van der Waals surface area contributed by atoms with Gasteiger partial charge in [0.05, 0.1) is 12.7 Å². The van der Waals surface area contributed by atoms with Crippen LogP contribution in [0.4, 0.5) is 17.6 Å². The summed E-state index contributed by atoms with van der Waals surface area (Å²) in [7, 11) is 1.000. The first-order chi connectivity index (χ1) is 7.44. The topological polar surface area (TPSA) is 35.2 Å². The zero-order chi connectivity index (χ0) is 12.3. The number of rotatable bonds is 4. The maximum absolute atomic E-state index is 13.5. The van der Waals surface area contributed by atoms with Crippen molar-refractivity contribution in [2.45, 2.75) is 12.3 Å². The van der Waals surface area contributed by atoms with Crippen LogP contribution in [0, 0.1) is 11.6 Å². The third-order valence-corrected chi connectivity index (χ3v) is 2.11. The fraction of sp³-hybridized carbons (Fsp3) is 0.400. The van der Waals surface area contributed by atoms with Crippen molar-refractivity contribution >= 4 is 0 Å². The molecule has 2 N–H and O–H groups in total. The van der Waals surface area contributed by atoms with Crippen LogP contribution in [0.2, 0.25) is 0 Å². The normalized spacial score (nSPS) is 11.6. The van der Waals surface area contributed by atoms with Gasteiger partial charge in [0.25, 0.3) is 5.92 Å². The molecule has 0 radical (unpaired) electrons. The fourth-order valence-electron chi connectivity index (χ4n) is 1.34. The molecule has 2 nitrogen and oxygen atoms in total. The SMILES string of the molecule is COc1c(C(F)(F)CCN)ccc(F)c1F. The predicted octanol–water partition coefficient (Wildman–Crippen LogP) is 2.41. The first-order valence-electron chi connectivity index (χ1n) is 4.54. The molecule has 1 aromatic carbocycles. The minimum atomic E-state index is -3.34. The monoisotopic (exact) mass is 237 g/mol. The van der Waals surface area contributed by atoms with Gasteiger partial charge in [-0.05, 0) is 18.7 Å². The number of benzene rings is 1. The molecular weight excluding hydrogens is 226 g/mol. The van der Waals surface area contributed by atoms with Gasteiger partial charge in [0.1, 0.15) is 0 Å². The molecule has 0 amide bonds. The lowest BCUT2D eigenvalue weighted by molar-refractivity contribution is -0.0133. The van der Waals surface area contributed by atoms with E-state index in [4.69, 9.17) is 5.73 Å². The highest BCUT2D eigenvalue weighted by Crippen LogP contribution is 2.39. The zero-order valence-electron chi connectivity index (χ0n) is 8.57. The van der Waals surface area contributed by atoms with Gasteiger partial charge >= 0.3 is 0 Å². The van der Waals surface area contributed by atoms with Crippen LogP contribution in [0.15, 0.2) is 12.1 Å². The Labute approximate surface area is 90.0 Å². The minimum absolute atomic E-state index is 0.269. The van der Waals surface area contributed by atoms with Crippen LogP contribution in [-0.4, -0.2) is 13.7 Å². The van der Waals surface area contributed by atoms with Crippen molar-refractivity contribution < 1.29 is 22.3 Å². The highest BCUT2D eigenvalue weighted by molar-refractivity contribution is 5.38. The highest BCUT2D eigenvalue weighted by atomic mass is 19.3. The molecule has 0 saturated heterocycles. The number of hydrogen-bond acceptors (Lipinski definition) is 2. The van der Waals surface area contributed by atoms with Gasteiger partial charge in [-0.15, -0.1) is 0 Å². The summed E-state index contributed by atoms with van der Waals surface area (Å²) in [4.78, 5) is 0. The molecule has 0 aliphatic heterocycles. The van der Waals surface area contributed by atoms with Gasteiger partial charge in [-0.2, -0.15) is 4.39 Å². The smallest absolute Gasteiger partial charge is 0.278 e. The molecule has 0 saturated carbocycles. The second kappa shape index (κ2) is 4.69. The van der Waals surface area contributed by atoms with E-state index in [-0.39, 0.29) is 6.54 Å². The second-order valence-corrected chi connectivity index (χ2v) is 3.19. The highest BCUT2D eigenvalue weighted by Gasteiger charge is 2.35. The van der Waals surface area contributed by atoms with E-state index in [0.29, 0.717) is 6.07 Å². The molecule has 0 atom stereocenters. The van der Waals surface area contributed by atoms with Gasteiger partial charge in [-0.3, -0.25) is 0 Å². The van der Waals surface area contributed by atoms with Crippen molar-refractivity contribution in [1.29, 1.82) is 0 Å². The lowest BCUT2D eigenvalue weighted by atomic mass is 10.0. The van der Waals surface area contributed by atoms with E-state index in [1.54, 1.807) is 0 Å². The number of halogens is 4. The first-order valence-corrected chi connectivity index (χ1v) is 4.54. The lowest BCUT2D eigenvalue weighted by Gasteiger charge is -2.19. The van der Waals surface area contributed by atoms with E-state index in [1.807, 2.05) is 0 Å². The van der Waals surface area contributed by atoms with E-state index in [2.05, 4.69) is 4.74 Å². The Morgan fingerprint density at radius 3 is 2.44 bits per heavy atom. The zero-order valence-corrected chi connectivity index (χ0v) is 8.57. The summed E-state index contributed by atoms with van der Waals surface area (Å²) in [5.74, 6) is -6.77. The molecule has 0 heterocycles. The van der Waals surface area contributed by atoms with E-state index in [0.717, 1.165) is 13.2 Å². The molecule has 0 unspecified atom stereocenters. The van der Waals surface area contributed by atoms with Gasteiger partial charge in [0.2, 0.25) is 5.82 Å². The molecular formula is C10H11F4NO. The van der Waals surface area contributed by atoms with Crippen molar-refractivity contribution in [1.82, 2.24) is 0 Å². The predicted molar refractivity (Wildman–Crippen MR) is 50.5 cm³/mol. The summed E-state index contributed by atoms with van der Waals surface area (Å²) < 4.78 is 57.4. The summed E-state index contributed by atoms with van der Waals surface area (Å²) in [5, 5.41) is 0. The van der Waals surface area contributed by atoms with E-state index < -0.39 is 35.3 Å². The van der Waals surface area contributed by atoms with Crippen LogP contribution in [0.5, 0.6) is 5.75 Å². The Bertz CT molecular complexity index is 381. The summed E-state index contributed by atoms with van der Waals surface area (Å²) >= 11 is 0. The Balaban J connectivity index is 3.28. The Morgan fingerprint density at radius 2 is 1.94 bits per heavy atom. The van der Waals surface area contributed by atoms with Gasteiger partial charge in [0, 0.05) is 6.42 Å². The van der Waals surface area contributed by atoms with Crippen molar-refractivity contribution in [3.05, 3.63) is 29.3 Å². The van der Waals surface area contributed by atoms with E-state index >= 15 is 0 Å². The van der Waals surface area contributed by atoms with Gasteiger partial charge in [-0.25, -0.2) is 13.2 Å². The molecule has 1 aromatic rings. The van der Waals surface area contributed by atoms with Crippen LogP contribution in [-0.2, 0) is 5.92 Å². The summed E-state index contributed by atoms with van der Waals surface area (Å²) in [5.41, 5.74) is 4.33. The van der Waals surface area contributed by atoms with Crippen LogP contribution in [0.1, 0.15) is 12.0 Å². The lowest BCUT2D eigenvalue weighted by Crippen LogP contribution is -2.20. The van der Waals surface area contributed by atoms with Crippen LogP contribution in [0.3, 0.4) is 0 Å². The molecule has 0 spiro atoms. The maximum atomic E-state index is 13.5. The fourth-order valence-corrected chi connectivity index (χ4v) is 1.34. The van der Waals surface area contributed by atoms with E-state index in [1.165, 1.54) is 0 Å². The average molecular weight is 237 g/mol. The van der Waals surface area contributed by atoms with Crippen LogP contribution >= 0.6 is 0 Å². The van der Waals surface area contributed by atoms with Crippen molar-refractivity contribution in [3.63, 3.8) is 0 Å². The van der Waals surface area contributed by atoms with Crippen LogP contribution in [0.25, 0.3) is 0 Å². The van der Waals surface area contributed by atoms with E-state index in [9.17, 15) is 17.6 Å². The first kappa shape index (κ1) is 12.8. The molecule has 16 heavy (non-hydrogen) atoms. The molecule has 6 heteroatoms. The third kappa shape index (κ3) is 2.27. The number of hydrogen-bond donors (Lipinski definition) is 1. The van der Waals surface area contributed by atoms with Gasteiger partial charge < -0.3 is 10.5 Å². The maximum Gasteiger partial charge on any atom is 0.278 e. The molecule has 1 rings (SSSR count). The largest absolute Gasteiger partial charge is 0.493 e. The standard InChI is InChI=1S/C10H11F4NO/c1-16-9-6(10(13,14)4-5-15)2-3-7(11)8(9)12/h2-3H,4-5,15H2,1H3. The minimum Gasteiger partial charge on any atom is -0.493 e. The van der Waals surface area contributed by atoms with Crippen molar-refractivity contribution in [2.75, 3.05) is 13.7 Å². The average Bonchev–Trinajstić information content (AvgIpc) is 2.21. The molecule has 90 valence electrons. The quantitative estimate of drug-likeness (QED) is 0.816. The number of alkyl halides is 2. The summed E-state index contributed by atoms with van der Waals surface area (Å²) in [6.07, 6.45) is -0.658.